The van der Waals surface area contributed by atoms with Crippen molar-refractivity contribution in [3.63, 3.8) is 0 Å². The van der Waals surface area contributed by atoms with Gasteiger partial charge in [-0.3, -0.25) is 19.2 Å². The van der Waals surface area contributed by atoms with Gasteiger partial charge < -0.3 is 30.1 Å². The molecular formula is C39H52BrN3O7. The number of ether oxygens (including phenoxy) is 2. The SMILES string of the molecule is Br.CN(C(=O)c1ccccc1)C(Cc1ccccc1)C(=O)NCC(C)(C)NCC(O)c1ccc(OC(=O)C(C)(C)C)c(OC(=O)C(C)(C)C)c1. The van der Waals surface area contributed by atoms with Crippen LogP contribution in [0.2, 0.25) is 0 Å². The monoisotopic (exact) mass is 753 g/mol. The van der Waals surface area contributed by atoms with Gasteiger partial charge in [-0.15, -0.1) is 17.0 Å². The predicted octanol–water partition coefficient (Wildman–Crippen LogP) is 6.07. The minimum Gasteiger partial charge on any atom is -0.422 e. The van der Waals surface area contributed by atoms with Crippen LogP contribution in [0.4, 0.5) is 0 Å². The van der Waals surface area contributed by atoms with Crippen molar-refractivity contribution >= 4 is 40.7 Å². The number of benzene rings is 3. The highest BCUT2D eigenvalue weighted by Gasteiger charge is 2.31. The largest absolute Gasteiger partial charge is 0.422 e. The molecule has 0 saturated carbocycles. The molecule has 0 radical (unpaired) electrons. The number of hydrogen-bond donors (Lipinski definition) is 3. The second-order valence-corrected chi connectivity index (χ2v) is 15.0. The third kappa shape index (κ3) is 12.4. The first-order valence-electron chi connectivity index (χ1n) is 16.4. The highest BCUT2D eigenvalue weighted by Crippen LogP contribution is 2.34. The molecule has 50 heavy (non-hydrogen) atoms. The molecule has 3 aromatic rings. The van der Waals surface area contributed by atoms with E-state index in [9.17, 15) is 24.3 Å². The Morgan fingerprint density at radius 3 is 1.82 bits per heavy atom. The van der Waals surface area contributed by atoms with Crippen LogP contribution in [0.3, 0.4) is 0 Å². The zero-order chi connectivity index (χ0) is 36.6. The van der Waals surface area contributed by atoms with Gasteiger partial charge in [-0.1, -0.05) is 54.6 Å². The van der Waals surface area contributed by atoms with Gasteiger partial charge in [-0.05, 0) is 90.8 Å². The molecule has 0 spiro atoms. The summed E-state index contributed by atoms with van der Waals surface area (Å²) >= 11 is 0. The highest BCUT2D eigenvalue weighted by atomic mass is 79.9. The first-order chi connectivity index (χ1) is 22.8. The van der Waals surface area contributed by atoms with E-state index >= 15 is 0 Å². The third-order valence-electron chi connectivity index (χ3n) is 7.84. The Kier molecular flexibility index (Phi) is 14.9. The Morgan fingerprint density at radius 1 is 0.760 bits per heavy atom. The van der Waals surface area contributed by atoms with Gasteiger partial charge in [0.15, 0.2) is 11.5 Å². The van der Waals surface area contributed by atoms with Crippen LogP contribution >= 0.6 is 17.0 Å². The number of β-amino-alcohol motifs (C(OH)–C–C–N with tert-alkyl or cyclic N) is 1. The Morgan fingerprint density at radius 2 is 1.28 bits per heavy atom. The number of amides is 2. The van der Waals surface area contributed by atoms with E-state index in [1.807, 2.05) is 50.2 Å². The Labute approximate surface area is 306 Å². The second kappa shape index (κ2) is 17.7. The van der Waals surface area contributed by atoms with Crippen LogP contribution < -0.4 is 20.1 Å². The molecule has 0 fully saturated rings. The molecule has 3 aromatic carbocycles. The molecule has 2 unspecified atom stereocenters. The number of aliphatic hydroxyl groups is 1. The number of carbonyl (C=O) groups excluding carboxylic acids is 4. The second-order valence-electron chi connectivity index (χ2n) is 15.0. The zero-order valence-electron chi connectivity index (χ0n) is 30.5. The lowest BCUT2D eigenvalue weighted by atomic mass is 9.97. The van der Waals surface area contributed by atoms with Crippen molar-refractivity contribution in [2.75, 3.05) is 20.1 Å². The van der Waals surface area contributed by atoms with E-state index in [0.717, 1.165) is 5.56 Å². The molecule has 0 aliphatic heterocycles. The quantitative estimate of drug-likeness (QED) is 0.142. The molecule has 272 valence electrons. The van der Waals surface area contributed by atoms with Crippen LogP contribution in [0.25, 0.3) is 0 Å². The predicted molar refractivity (Wildman–Crippen MR) is 199 cm³/mol. The molecule has 10 nitrogen and oxygen atoms in total. The fourth-order valence-corrected chi connectivity index (χ4v) is 4.55. The summed E-state index contributed by atoms with van der Waals surface area (Å²) in [6, 6.07) is 22.2. The first-order valence-corrected chi connectivity index (χ1v) is 16.4. The van der Waals surface area contributed by atoms with Gasteiger partial charge in [0, 0.05) is 37.7 Å². The average molecular weight is 755 g/mol. The summed E-state index contributed by atoms with van der Waals surface area (Å²) < 4.78 is 11.2. The van der Waals surface area contributed by atoms with Crippen molar-refractivity contribution in [1.82, 2.24) is 15.5 Å². The van der Waals surface area contributed by atoms with Crippen molar-refractivity contribution in [1.29, 1.82) is 0 Å². The van der Waals surface area contributed by atoms with E-state index in [0.29, 0.717) is 17.5 Å². The van der Waals surface area contributed by atoms with Crippen LogP contribution in [0.15, 0.2) is 78.9 Å². The van der Waals surface area contributed by atoms with Crippen LogP contribution in [-0.4, -0.2) is 65.5 Å². The number of carbonyl (C=O) groups is 4. The number of esters is 2. The van der Waals surface area contributed by atoms with E-state index in [1.165, 1.54) is 17.0 Å². The molecule has 0 aliphatic rings. The van der Waals surface area contributed by atoms with E-state index in [-0.39, 0.29) is 53.4 Å². The summed E-state index contributed by atoms with van der Waals surface area (Å²) in [4.78, 5) is 53.8. The maximum absolute atomic E-state index is 13.6. The number of rotatable bonds is 13. The Bertz CT molecular complexity index is 1600. The Hall–Kier alpha value is -4.06. The number of halogens is 1. The third-order valence-corrected chi connectivity index (χ3v) is 7.84. The molecule has 3 rings (SSSR count). The van der Waals surface area contributed by atoms with E-state index < -0.39 is 40.5 Å². The number of hydrogen-bond acceptors (Lipinski definition) is 8. The maximum atomic E-state index is 13.6. The molecule has 2 atom stereocenters. The van der Waals surface area contributed by atoms with Gasteiger partial charge in [0.2, 0.25) is 5.91 Å². The number of nitrogens with one attached hydrogen (secondary N) is 2. The summed E-state index contributed by atoms with van der Waals surface area (Å²) in [7, 11) is 1.63. The van der Waals surface area contributed by atoms with Crippen molar-refractivity contribution in [2.24, 2.45) is 10.8 Å². The highest BCUT2D eigenvalue weighted by molar-refractivity contribution is 8.93. The molecule has 0 heterocycles. The van der Waals surface area contributed by atoms with Gasteiger partial charge in [-0.25, -0.2) is 0 Å². The lowest BCUT2D eigenvalue weighted by Crippen LogP contribution is -2.55. The fraction of sp³-hybridized carbons (Fsp3) is 0.436. The minimum absolute atomic E-state index is 0. The molecular weight excluding hydrogens is 702 g/mol. The molecule has 11 heteroatoms. The molecule has 0 aliphatic carbocycles. The summed E-state index contributed by atoms with van der Waals surface area (Å²) in [5, 5.41) is 17.4. The normalized spacial score (nSPS) is 12.9. The van der Waals surface area contributed by atoms with Gasteiger partial charge in [0.1, 0.15) is 6.04 Å². The smallest absolute Gasteiger partial charge is 0.316 e. The number of aliphatic hydroxyl groups excluding tert-OH is 1. The molecule has 0 saturated heterocycles. The molecule has 0 bridgehead atoms. The summed E-state index contributed by atoms with van der Waals surface area (Å²) in [5.41, 5.74) is -0.433. The van der Waals surface area contributed by atoms with Crippen molar-refractivity contribution in [2.45, 2.75) is 79.5 Å². The lowest BCUT2D eigenvalue weighted by Gasteiger charge is -2.31. The number of likely N-dealkylation sites (N-methyl/N-ethyl adjacent to an activating group) is 1. The first kappa shape index (κ1) is 42.1. The van der Waals surface area contributed by atoms with Crippen molar-refractivity contribution in [3.05, 3.63) is 95.6 Å². The summed E-state index contributed by atoms with van der Waals surface area (Å²) in [6.07, 6.45) is -0.702. The fourth-order valence-electron chi connectivity index (χ4n) is 4.55. The summed E-state index contributed by atoms with van der Waals surface area (Å²) in [5.74, 6) is -1.49. The lowest BCUT2D eigenvalue weighted by molar-refractivity contribution is -0.145. The molecule has 2 amide bonds. The van der Waals surface area contributed by atoms with Gasteiger partial charge in [0.25, 0.3) is 5.91 Å². The zero-order valence-corrected chi connectivity index (χ0v) is 32.2. The van der Waals surface area contributed by atoms with E-state index in [2.05, 4.69) is 10.6 Å². The molecule has 0 aromatic heterocycles. The average Bonchev–Trinajstić information content (AvgIpc) is 3.05. The van der Waals surface area contributed by atoms with Crippen LogP contribution in [-0.2, 0) is 20.8 Å². The summed E-state index contributed by atoms with van der Waals surface area (Å²) in [6.45, 7) is 14.4. The minimum atomic E-state index is -1.03. The maximum Gasteiger partial charge on any atom is 0.316 e. The van der Waals surface area contributed by atoms with Crippen LogP contribution in [0.5, 0.6) is 11.5 Å². The van der Waals surface area contributed by atoms with Gasteiger partial charge in [-0.2, -0.15) is 0 Å². The molecule has 3 N–H and O–H groups in total. The van der Waals surface area contributed by atoms with Gasteiger partial charge in [0.05, 0.1) is 16.9 Å². The van der Waals surface area contributed by atoms with Crippen molar-refractivity contribution < 1.29 is 33.8 Å². The van der Waals surface area contributed by atoms with E-state index in [4.69, 9.17) is 9.47 Å². The Balaban J connectivity index is 0.00000867. The topological polar surface area (TPSA) is 134 Å². The van der Waals surface area contributed by atoms with Crippen molar-refractivity contribution in [3.8, 4) is 11.5 Å². The van der Waals surface area contributed by atoms with E-state index in [1.54, 1.807) is 78.9 Å². The van der Waals surface area contributed by atoms with Crippen LogP contribution in [0.1, 0.15) is 83.0 Å². The number of nitrogens with zero attached hydrogens (tertiary/aromatic N) is 1. The van der Waals surface area contributed by atoms with Crippen LogP contribution in [0, 0.1) is 10.8 Å². The standard InChI is InChI=1S/C39H51N3O7.BrH/c1-37(2,3)35(46)48-31-21-20-28(23-32(31)49-36(47)38(4,5)6)30(43)24-41-39(7,8)25-40-33(44)29(22-26-16-12-10-13-17-26)42(9)34(45)27-18-14-11-15-19-27;/h10-21,23,29-30,41,43H,22,24-25H2,1-9H3,(H,40,44);1H. The van der Waals surface area contributed by atoms with Gasteiger partial charge >= 0.3 is 11.9 Å².